The third-order valence-corrected chi connectivity index (χ3v) is 4.34. The number of hydrogen-bond acceptors (Lipinski definition) is 4. The predicted molar refractivity (Wildman–Crippen MR) is 66.9 cm³/mol. The van der Waals surface area contributed by atoms with Crippen molar-refractivity contribution in [3.63, 3.8) is 0 Å². The van der Waals surface area contributed by atoms with Crippen LogP contribution in [0, 0.1) is 13.8 Å². The predicted octanol–water partition coefficient (Wildman–Crippen LogP) is 2.42. The van der Waals surface area contributed by atoms with Gasteiger partial charge in [-0.1, -0.05) is 0 Å². The molecule has 2 rings (SSSR count). The Morgan fingerprint density at radius 2 is 2.25 bits per heavy atom. The molecule has 0 aliphatic heterocycles. The molecule has 0 bridgehead atoms. The van der Waals surface area contributed by atoms with Crippen molar-refractivity contribution in [2.45, 2.75) is 51.8 Å². The lowest BCUT2D eigenvalue weighted by atomic mass is 10.2. The third-order valence-electron chi connectivity index (χ3n) is 3.27. The van der Waals surface area contributed by atoms with Crippen molar-refractivity contribution in [1.82, 2.24) is 10.3 Å². The quantitative estimate of drug-likeness (QED) is 0.877. The molecule has 1 aliphatic carbocycles. The van der Waals surface area contributed by atoms with Gasteiger partial charge in [0.05, 0.1) is 16.8 Å². The van der Waals surface area contributed by atoms with E-state index in [1.165, 1.54) is 23.4 Å². The summed E-state index contributed by atoms with van der Waals surface area (Å²) in [4.78, 5) is 5.81. The van der Waals surface area contributed by atoms with Crippen LogP contribution in [0.2, 0.25) is 0 Å². The summed E-state index contributed by atoms with van der Waals surface area (Å²) in [5.74, 6) is 0. The number of ether oxygens (including phenoxy) is 1. The summed E-state index contributed by atoms with van der Waals surface area (Å²) in [6.07, 6.45) is 4.03. The molecule has 1 aromatic rings. The number of thiazole rings is 1. The molecule has 1 aromatic heterocycles. The van der Waals surface area contributed by atoms with Gasteiger partial charge in [-0.15, -0.1) is 11.3 Å². The van der Waals surface area contributed by atoms with Crippen LogP contribution in [0.1, 0.15) is 34.8 Å². The molecule has 16 heavy (non-hydrogen) atoms. The summed E-state index contributed by atoms with van der Waals surface area (Å²) in [6, 6.07) is 0.617. The second-order valence-electron chi connectivity index (χ2n) is 4.49. The lowest BCUT2D eigenvalue weighted by molar-refractivity contribution is 0.107. The third kappa shape index (κ3) is 2.81. The Morgan fingerprint density at radius 3 is 2.81 bits per heavy atom. The van der Waals surface area contributed by atoms with Gasteiger partial charge < -0.3 is 10.1 Å². The summed E-state index contributed by atoms with van der Waals surface area (Å²) < 4.78 is 5.37. The lowest BCUT2D eigenvalue weighted by Crippen LogP contribution is -2.26. The number of rotatable bonds is 4. The molecule has 1 heterocycles. The van der Waals surface area contributed by atoms with Crippen LogP contribution in [0.25, 0.3) is 0 Å². The fourth-order valence-electron chi connectivity index (χ4n) is 2.31. The Hall–Kier alpha value is -0.450. The minimum Gasteiger partial charge on any atom is -0.381 e. The highest BCUT2D eigenvalue weighted by Gasteiger charge is 2.24. The highest BCUT2D eigenvalue weighted by atomic mass is 32.1. The molecule has 2 atom stereocenters. The number of nitrogens with zero attached hydrogens (tertiary/aromatic N) is 1. The molecular weight excluding hydrogens is 220 g/mol. The van der Waals surface area contributed by atoms with Crippen molar-refractivity contribution in [2.24, 2.45) is 0 Å². The van der Waals surface area contributed by atoms with Gasteiger partial charge in [0.2, 0.25) is 0 Å². The molecule has 0 aromatic carbocycles. The van der Waals surface area contributed by atoms with Crippen LogP contribution in [-0.2, 0) is 11.3 Å². The van der Waals surface area contributed by atoms with Crippen LogP contribution < -0.4 is 5.32 Å². The van der Waals surface area contributed by atoms with Crippen molar-refractivity contribution in [1.29, 1.82) is 0 Å². The van der Waals surface area contributed by atoms with E-state index < -0.39 is 0 Å². The zero-order valence-corrected chi connectivity index (χ0v) is 11.1. The topological polar surface area (TPSA) is 34.1 Å². The molecule has 2 unspecified atom stereocenters. The van der Waals surface area contributed by atoms with Gasteiger partial charge in [-0.3, -0.25) is 0 Å². The SMILES string of the molecule is COC1CCC(NCc2sc(C)nc2C)C1. The number of hydrogen-bond donors (Lipinski definition) is 1. The zero-order chi connectivity index (χ0) is 11.5. The first kappa shape index (κ1) is 12.0. The van der Waals surface area contributed by atoms with Gasteiger partial charge in [0.15, 0.2) is 0 Å². The average Bonchev–Trinajstić information content (AvgIpc) is 2.82. The molecule has 0 radical (unpaired) electrons. The van der Waals surface area contributed by atoms with Crippen molar-refractivity contribution >= 4 is 11.3 Å². The van der Waals surface area contributed by atoms with E-state index in [1.54, 1.807) is 11.3 Å². The highest BCUT2D eigenvalue weighted by Crippen LogP contribution is 2.23. The molecule has 0 saturated heterocycles. The summed E-state index contributed by atoms with van der Waals surface area (Å²) in [5.41, 5.74) is 1.18. The van der Waals surface area contributed by atoms with Crippen LogP contribution in [-0.4, -0.2) is 24.2 Å². The number of aryl methyl sites for hydroxylation is 2. The van der Waals surface area contributed by atoms with Crippen LogP contribution >= 0.6 is 11.3 Å². The Balaban J connectivity index is 1.82. The van der Waals surface area contributed by atoms with E-state index in [4.69, 9.17) is 4.74 Å². The first-order valence-corrected chi connectivity index (χ1v) is 6.69. The number of methoxy groups -OCH3 is 1. The molecule has 0 spiro atoms. The summed E-state index contributed by atoms with van der Waals surface area (Å²) in [5, 5.41) is 4.77. The molecule has 0 amide bonds. The van der Waals surface area contributed by atoms with Gasteiger partial charge in [-0.2, -0.15) is 0 Å². The second-order valence-corrected chi connectivity index (χ2v) is 5.78. The van der Waals surface area contributed by atoms with E-state index in [9.17, 15) is 0 Å². The van der Waals surface area contributed by atoms with E-state index in [2.05, 4.69) is 24.1 Å². The van der Waals surface area contributed by atoms with Crippen molar-refractivity contribution < 1.29 is 4.74 Å². The lowest BCUT2D eigenvalue weighted by Gasteiger charge is -2.12. The smallest absolute Gasteiger partial charge is 0.0900 e. The Bertz CT molecular complexity index is 351. The zero-order valence-electron chi connectivity index (χ0n) is 10.2. The normalized spacial score (nSPS) is 25.2. The molecule has 3 nitrogen and oxygen atoms in total. The van der Waals surface area contributed by atoms with Crippen LogP contribution in [0.4, 0.5) is 0 Å². The Labute approximate surface area is 101 Å². The van der Waals surface area contributed by atoms with Gasteiger partial charge in [0.1, 0.15) is 0 Å². The summed E-state index contributed by atoms with van der Waals surface area (Å²) in [6.45, 7) is 5.11. The van der Waals surface area contributed by atoms with Gasteiger partial charge in [-0.25, -0.2) is 4.98 Å². The molecule has 90 valence electrons. The van der Waals surface area contributed by atoms with Gasteiger partial charge in [0, 0.05) is 24.6 Å². The second kappa shape index (κ2) is 5.25. The molecule has 1 saturated carbocycles. The monoisotopic (exact) mass is 240 g/mol. The number of aromatic nitrogens is 1. The number of nitrogens with one attached hydrogen (secondary N) is 1. The average molecular weight is 240 g/mol. The Kier molecular flexibility index (Phi) is 3.95. The maximum atomic E-state index is 5.37. The maximum absolute atomic E-state index is 5.37. The van der Waals surface area contributed by atoms with Crippen molar-refractivity contribution in [3.8, 4) is 0 Å². The van der Waals surface area contributed by atoms with Gasteiger partial charge >= 0.3 is 0 Å². The summed E-state index contributed by atoms with van der Waals surface area (Å²) in [7, 11) is 1.81. The minimum absolute atomic E-state index is 0.460. The highest BCUT2D eigenvalue weighted by molar-refractivity contribution is 7.11. The van der Waals surface area contributed by atoms with E-state index in [-0.39, 0.29) is 0 Å². The molecule has 1 N–H and O–H groups in total. The maximum Gasteiger partial charge on any atom is 0.0900 e. The molecular formula is C12H20N2OS. The van der Waals surface area contributed by atoms with Crippen LogP contribution in [0.15, 0.2) is 0 Å². The van der Waals surface area contributed by atoms with Crippen molar-refractivity contribution in [2.75, 3.05) is 7.11 Å². The standard InChI is InChI=1S/C12H20N2OS/c1-8-12(16-9(2)14-8)7-13-10-4-5-11(6-10)15-3/h10-11,13H,4-7H2,1-3H3. The van der Waals surface area contributed by atoms with E-state index in [1.807, 2.05) is 7.11 Å². The first-order chi connectivity index (χ1) is 7.69. The van der Waals surface area contributed by atoms with Crippen LogP contribution in [0.3, 0.4) is 0 Å². The van der Waals surface area contributed by atoms with E-state index in [0.717, 1.165) is 18.0 Å². The van der Waals surface area contributed by atoms with E-state index >= 15 is 0 Å². The molecule has 1 fully saturated rings. The Morgan fingerprint density at radius 1 is 1.44 bits per heavy atom. The van der Waals surface area contributed by atoms with Gasteiger partial charge in [0.25, 0.3) is 0 Å². The fraction of sp³-hybridized carbons (Fsp3) is 0.750. The fourth-order valence-corrected chi connectivity index (χ4v) is 3.20. The molecule has 1 aliphatic rings. The molecule has 4 heteroatoms. The summed E-state index contributed by atoms with van der Waals surface area (Å²) >= 11 is 1.80. The minimum atomic E-state index is 0.460. The van der Waals surface area contributed by atoms with Crippen molar-refractivity contribution in [3.05, 3.63) is 15.6 Å². The van der Waals surface area contributed by atoms with Crippen LogP contribution in [0.5, 0.6) is 0 Å². The van der Waals surface area contributed by atoms with E-state index in [0.29, 0.717) is 12.1 Å². The largest absolute Gasteiger partial charge is 0.381 e. The first-order valence-electron chi connectivity index (χ1n) is 5.88. The van der Waals surface area contributed by atoms with Gasteiger partial charge in [-0.05, 0) is 33.1 Å².